The highest BCUT2D eigenvalue weighted by Gasteiger charge is 2.31. The summed E-state index contributed by atoms with van der Waals surface area (Å²) >= 11 is 0. The molecule has 6 heteroatoms. The normalized spacial score (nSPS) is 17.6. The lowest BCUT2D eigenvalue weighted by atomic mass is 10.1. The fourth-order valence-electron chi connectivity index (χ4n) is 2.89. The molecule has 1 aliphatic rings. The van der Waals surface area contributed by atoms with Crippen LogP contribution in [0.15, 0.2) is 23.1 Å². The van der Waals surface area contributed by atoms with E-state index in [0.717, 1.165) is 17.7 Å². The van der Waals surface area contributed by atoms with Crippen molar-refractivity contribution >= 4 is 21.6 Å². The molecule has 0 aliphatic carbocycles. The molecule has 128 valence electrons. The molecule has 0 fully saturated rings. The summed E-state index contributed by atoms with van der Waals surface area (Å²) in [6, 6.07) is 5.12. The molecule has 1 aliphatic heterocycles. The van der Waals surface area contributed by atoms with E-state index in [1.165, 1.54) is 0 Å². The lowest BCUT2D eigenvalue weighted by Gasteiger charge is -2.22. The maximum absolute atomic E-state index is 12.4. The van der Waals surface area contributed by atoms with Gasteiger partial charge in [0.2, 0.25) is 15.9 Å². The molecule has 23 heavy (non-hydrogen) atoms. The van der Waals surface area contributed by atoms with Gasteiger partial charge in [-0.15, -0.1) is 0 Å². The summed E-state index contributed by atoms with van der Waals surface area (Å²) in [6.45, 7) is 8.38. The summed E-state index contributed by atoms with van der Waals surface area (Å²) in [5.41, 5.74) is 1.76. The number of benzene rings is 1. The first-order chi connectivity index (χ1) is 10.8. The minimum absolute atomic E-state index is 0.0712. The number of sulfonamides is 1. The first kappa shape index (κ1) is 17.9. The summed E-state index contributed by atoms with van der Waals surface area (Å²) in [6.07, 6.45) is 1.94. The van der Waals surface area contributed by atoms with Crippen LogP contribution in [0.1, 0.15) is 46.1 Å². The molecule has 1 aromatic rings. The Balaban J connectivity index is 2.22. The summed E-state index contributed by atoms with van der Waals surface area (Å²) < 4.78 is 27.4. The Bertz CT molecular complexity index is 683. The van der Waals surface area contributed by atoms with E-state index in [4.69, 9.17) is 0 Å². The molecule has 0 radical (unpaired) electrons. The quantitative estimate of drug-likeness (QED) is 0.867. The van der Waals surface area contributed by atoms with Crippen LogP contribution >= 0.6 is 0 Å². The second-order valence-corrected chi connectivity index (χ2v) is 8.31. The van der Waals surface area contributed by atoms with Crippen molar-refractivity contribution in [3.05, 3.63) is 23.8 Å². The van der Waals surface area contributed by atoms with Gasteiger partial charge in [0.15, 0.2) is 0 Å². The Hall–Kier alpha value is -1.40. The molecule has 0 saturated carbocycles. The topological polar surface area (TPSA) is 66.5 Å². The van der Waals surface area contributed by atoms with Crippen LogP contribution in [0.2, 0.25) is 0 Å². The first-order valence-corrected chi connectivity index (χ1v) is 9.69. The van der Waals surface area contributed by atoms with Gasteiger partial charge in [0.05, 0.1) is 4.90 Å². The fourth-order valence-corrected chi connectivity index (χ4v) is 3.99. The van der Waals surface area contributed by atoms with E-state index in [1.807, 2.05) is 13.8 Å². The Morgan fingerprint density at radius 1 is 1.39 bits per heavy atom. The minimum Gasteiger partial charge on any atom is -0.309 e. The van der Waals surface area contributed by atoms with Crippen LogP contribution < -0.4 is 9.62 Å². The molecule has 0 saturated heterocycles. The molecule has 0 unspecified atom stereocenters. The molecule has 1 aromatic carbocycles. The third-order valence-electron chi connectivity index (χ3n) is 4.16. The fraction of sp³-hybridized carbons (Fsp3) is 0.588. The van der Waals surface area contributed by atoms with E-state index in [9.17, 15) is 13.2 Å². The summed E-state index contributed by atoms with van der Waals surface area (Å²) in [4.78, 5) is 14.1. The van der Waals surface area contributed by atoms with Crippen molar-refractivity contribution in [3.63, 3.8) is 0 Å². The number of amides is 1. The molecule has 0 aromatic heterocycles. The molecule has 1 heterocycles. The van der Waals surface area contributed by atoms with Crippen molar-refractivity contribution in [3.8, 4) is 0 Å². The standard InChI is InChI=1S/C17H26N2O3S/c1-5-17(20)19-13(4)10-14-11-15(6-7-16(14)19)23(21,22)18-9-8-12(2)3/h6-7,11-13,18H,5,8-10H2,1-4H3/t13-/m1/s1. The predicted molar refractivity (Wildman–Crippen MR) is 92.0 cm³/mol. The van der Waals surface area contributed by atoms with Gasteiger partial charge in [-0.3, -0.25) is 4.79 Å². The van der Waals surface area contributed by atoms with Crippen LogP contribution in [0, 0.1) is 5.92 Å². The highest BCUT2D eigenvalue weighted by Crippen LogP contribution is 2.34. The smallest absolute Gasteiger partial charge is 0.240 e. The first-order valence-electron chi connectivity index (χ1n) is 8.21. The highest BCUT2D eigenvalue weighted by molar-refractivity contribution is 7.89. The van der Waals surface area contributed by atoms with Gasteiger partial charge in [-0.05, 0) is 49.4 Å². The zero-order valence-electron chi connectivity index (χ0n) is 14.3. The largest absolute Gasteiger partial charge is 0.309 e. The van der Waals surface area contributed by atoms with Gasteiger partial charge in [-0.1, -0.05) is 20.8 Å². The SMILES string of the molecule is CCC(=O)N1c2ccc(S(=O)(=O)NCCC(C)C)cc2C[C@H]1C. The van der Waals surface area contributed by atoms with Crippen molar-refractivity contribution in [2.24, 2.45) is 5.92 Å². The molecule has 0 bridgehead atoms. The average molecular weight is 338 g/mol. The molecule has 1 amide bonds. The van der Waals surface area contributed by atoms with Crippen LogP contribution in [0.5, 0.6) is 0 Å². The lowest BCUT2D eigenvalue weighted by molar-refractivity contribution is -0.118. The van der Waals surface area contributed by atoms with E-state index < -0.39 is 10.0 Å². The van der Waals surface area contributed by atoms with Gasteiger partial charge >= 0.3 is 0 Å². The van der Waals surface area contributed by atoms with E-state index in [2.05, 4.69) is 18.6 Å². The Morgan fingerprint density at radius 2 is 2.09 bits per heavy atom. The van der Waals surface area contributed by atoms with Crippen molar-refractivity contribution in [1.82, 2.24) is 4.72 Å². The maximum Gasteiger partial charge on any atom is 0.240 e. The van der Waals surface area contributed by atoms with Gasteiger partial charge < -0.3 is 4.90 Å². The summed E-state index contributed by atoms with van der Waals surface area (Å²) in [7, 11) is -3.49. The maximum atomic E-state index is 12.4. The average Bonchev–Trinajstić information content (AvgIpc) is 2.80. The zero-order valence-corrected chi connectivity index (χ0v) is 15.1. The third-order valence-corrected chi connectivity index (χ3v) is 5.62. The predicted octanol–water partition coefficient (Wildman–Crippen LogP) is 2.70. The van der Waals surface area contributed by atoms with E-state index >= 15 is 0 Å². The van der Waals surface area contributed by atoms with Crippen molar-refractivity contribution in [2.45, 2.75) is 57.9 Å². The van der Waals surface area contributed by atoms with Gasteiger partial charge in [0, 0.05) is 24.7 Å². The van der Waals surface area contributed by atoms with E-state index in [0.29, 0.717) is 25.3 Å². The van der Waals surface area contributed by atoms with Crippen molar-refractivity contribution < 1.29 is 13.2 Å². The highest BCUT2D eigenvalue weighted by atomic mass is 32.2. The van der Waals surface area contributed by atoms with Crippen LogP contribution in [0.25, 0.3) is 0 Å². The van der Waals surface area contributed by atoms with Crippen LogP contribution in [0.3, 0.4) is 0 Å². The third kappa shape index (κ3) is 3.93. The van der Waals surface area contributed by atoms with Crippen LogP contribution in [0.4, 0.5) is 5.69 Å². The molecule has 5 nitrogen and oxygen atoms in total. The van der Waals surface area contributed by atoms with E-state index in [1.54, 1.807) is 23.1 Å². The van der Waals surface area contributed by atoms with Crippen LogP contribution in [-0.4, -0.2) is 26.9 Å². The number of fused-ring (bicyclic) bond motifs is 1. The lowest BCUT2D eigenvalue weighted by Crippen LogP contribution is -2.35. The number of rotatable bonds is 6. The van der Waals surface area contributed by atoms with Crippen LogP contribution in [-0.2, 0) is 21.2 Å². The van der Waals surface area contributed by atoms with Gasteiger partial charge in [-0.2, -0.15) is 0 Å². The van der Waals surface area contributed by atoms with Crippen molar-refractivity contribution in [2.75, 3.05) is 11.4 Å². The Labute approximate surface area is 139 Å². The summed E-state index contributed by atoms with van der Waals surface area (Å²) in [5, 5.41) is 0. The zero-order chi connectivity index (χ0) is 17.2. The molecular weight excluding hydrogens is 312 g/mol. The number of carbonyl (C=O) groups is 1. The molecule has 1 N–H and O–H groups in total. The van der Waals surface area contributed by atoms with Gasteiger partial charge in [0.25, 0.3) is 0 Å². The van der Waals surface area contributed by atoms with E-state index in [-0.39, 0.29) is 16.8 Å². The summed E-state index contributed by atoms with van der Waals surface area (Å²) in [5.74, 6) is 0.522. The second-order valence-electron chi connectivity index (χ2n) is 6.54. The number of nitrogens with one attached hydrogen (secondary N) is 1. The molecular formula is C17H26N2O3S. The molecule has 0 spiro atoms. The second kappa shape index (κ2) is 7.01. The monoisotopic (exact) mass is 338 g/mol. The Morgan fingerprint density at radius 3 is 2.70 bits per heavy atom. The van der Waals surface area contributed by atoms with Crippen molar-refractivity contribution in [1.29, 1.82) is 0 Å². The number of hydrogen-bond donors (Lipinski definition) is 1. The molecule has 2 rings (SSSR count). The number of anilines is 1. The molecule has 1 atom stereocenters. The minimum atomic E-state index is -3.49. The number of hydrogen-bond acceptors (Lipinski definition) is 3. The number of nitrogens with zero attached hydrogens (tertiary/aromatic N) is 1. The Kier molecular flexibility index (Phi) is 5.47. The number of carbonyl (C=O) groups excluding carboxylic acids is 1. The van der Waals surface area contributed by atoms with Gasteiger partial charge in [-0.25, -0.2) is 13.1 Å². The van der Waals surface area contributed by atoms with Gasteiger partial charge in [0.1, 0.15) is 0 Å².